The first-order valence-electron chi connectivity index (χ1n) is 5.48. The van der Waals surface area contributed by atoms with Crippen molar-refractivity contribution in [2.24, 2.45) is 5.73 Å². The van der Waals surface area contributed by atoms with Crippen molar-refractivity contribution in [3.8, 4) is 0 Å². The Morgan fingerprint density at radius 3 is 2.27 bits per heavy atom. The van der Waals surface area contributed by atoms with E-state index < -0.39 is 52.3 Å². The summed E-state index contributed by atoms with van der Waals surface area (Å²) in [7, 11) is 0. The number of aliphatic carboxylic acids is 2. The molecule has 0 spiro atoms. The van der Waals surface area contributed by atoms with E-state index in [9.17, 15) is 27.9 Å². The van der Waals surface area contributed by atoms with Crippen LogP contribution in [0.3, 0.4) is 0 Å². The molecule has 0 aliphatic carbocycles. The summed E-state index contributed by atoms with van der Waals surface area (Å²) >= 11 is -3.03. The Labute approximate surface area is 126 Å². The van der Waals surface area contributed by atoms with Crippen molar-refractivity contribution in [2.75, 3.05) is 6.61 Å². The lowest BCUT2D eigenvalue weighted by Gasteiger charge is -2.29. The van der Waals surface area contributed by atoms with Gasteiger partial charge in [-0.25, -0.2) is 13.8 Å². The normalized spacial score (nSPS) is 16.3. The van der Waals surface area contributed by atoms with E-state index in [-0.39, 0.29) is 0 Å². The molecule has 1 unspecified atom stereocenters. The van der Waals surface area contributed by atoms with Gasteiger partial charge in [-0.15, -0.1) is 0 Å². The second kappa shape index (κ2) is 8.09. The molecule has 0 saturated heterocycles. The number of nitrogens with one attached hydrogen (secondary N) is 1. The summed E-state index contributed by atoms with van der Waals surface area (Å²) in [6.07, 6.45) is 1.19. The van der Waals surface area contributed by atoms with Crippen LogP contribution >= 0.6 is 0 Å². The summed E-state index contributed by atoms with van der Waals surface area (Å²) in [6, 6.07) is -2.01. The van der Waals surface area contributed by atoms with Gasteiger partial charge in [-0.05, 0) is 6.92 Å². The lowest BCUT2D eigenvalue weighted by Crippen LogP contribution is -2.60. The van der Waals surface area contributed by atoms with Crippen LogP contribution in [0.25, 0.3) is 0 Å². The first-order chi connectivity index (χ1) is 10.0. The molecule has 0 aliphatic heterocycles. The zero-order valence-electron chi connectivity index (χ0n) is 11.2. The zero-order chi connectivity index (χ0) is 17.5. The first-order valence-corrected chi connectivity index (χ1v) is 6.59. The largest absolute Gasteiger partial charge is 0.480 e. The molecule has 0 heterocycles. The van der Waals surface area contributed by atoms with Gasteiger partial charge in [-0.2, -0.15) is 0 Å². The van der Waals surface area contributed by atoms with Crippen molar-refractivity contribution in [3.63, 3.8) is 0 Å². The highest BCUT2D eigenvalue weighted by Crippen LogP contribution is 2.21. The summed E-state index contributed by atoms with van der Waals surface area (Å²) in [6.45, 7) is -0.115. The van der Waals surface area contributed by atoms with Gasteiger partial charge in [0.2, 0.25) is 0 Å². The minimum Gasteiger partial charge on any atom is -0.480 e. The molecular formula is C10H14N2O9S. The predicted octanol–water partition coefficient (Wildman–Crippen LogP) is -2.36. The Morgan fingerprint density at radius 1 is 1.36 bits per heavy atom. The number of hydrogen-bond donors (Lipinski definition) is 5. The number of amides is 1. The van der Waals surface area contributed by atoms with Crippen LogP contribution in [0.4, 0.5) is 0 Å². The van der Waals surface area contributed by atoms with Crippen molar-refractivity contribution < 1.29 is 42.9 Å². The second-order valence-corrected chi connectivity index (χ2v) is 5.35. The van der Waals surface area contributed by atoms with Crippen molar-refractivity contribution in [1.82, 2.24) is 5.32 Å². The monoisotopic (exact) mass is 338 g/mol. The third kappa shape index (κ3) is 5.14. The van der Waals surface area contributed by atoms with Gasteiger partial charge in [0.1, 0.15) is 0 Å². The molecule has 0 aromatic heterocycles. The molecule has 22 heavy (non-hydrogen) atoms. The van der Waals surface area contributed by atoms with E-state index in [2.05, 4.69) is 4.74 Å². The molecule has 6 N–H and O–H groups in total. The number of esters is 1. The molecule has 1 amide bonds. The van der Waals surface area contributed by atoms with Crippen LogP contribution in [0, 0.1) is 0 Å². The van der Waals surface area contributed by atoms with E-state index in [0.29, 0.717) is 12.3 Å². The highest BCUT2D eigenvalue weighted by atomic mass is 32.2. The van der Waals surface area contributed by atoms with Gasteiger partial charge in [-0.3, -0.25) is 9.59 Å². The van der Waals surface area contributed by atoms with Crippen LogP contribution in [0.1, 0.15) is 6.92 Å². The highest BCUT2D eigenvalue weighted by Gasteiger charge is 2.52. The number of carbonyl (C=O) groups excluding carboxylic acids is 2. The van der Waals surface area contributed by atoms with E-state index in [1.807, 2.05) is 5.32 Å². The molecular weight excluding hydrogens is 324 g/mol. The molecule has 0 bridgehead atoms. The summed E-state index contributed by atoms with van der Waals surface area (Å²) in [5.41, 5.74) is 4.75. The first kappa shape index (κ1) is 19.5. The van der Waals surface area contributed by atoms with Crippen molar-refractivity contribution in [3.05, 3.63) is 12.3 Å². The number of carboxylic acid groups (broad SMARTS) is 2. The number of rotatable bonds is 9. The third-order valence-electron chi connectivity index (χ3n) is 2.40. The molecule has 0 fully saturated rings. The van der Waals surface area contributed by atoms with E-state index in [0.717, 1.165) is 6.92 Å². The third-order valence-corrected chi connectivity index (χ3v) is 3.53. The molecule has 0 aromatic rings. The molecule has 0 saturated carbocycles. The lowest BCUT2D eigenvalue weighted by atomic mass is 10.0. The fourth-order valence-electron chi connectivity index (χ4n) is 1.25. The van der Waals surface area contributed by atoms with Crippen LogP contribution in [0.15, 0.2) is 12.3 Å². The fourth-order valence-corrected chi connectivity index (χ4v) is 1.82. The van der Waals surface area contributed by atoms with Gasteiger partial charge >= 0.3 is 17.9 Å². The maximum Gasteiger partial charge on any atom is 0.330 e. The molecule has 11 nitrogen and oxygen atoms in total. The number of ether oxygens (including phenoxy) is 1. The lowest BCUT2D eigenvalue weighted by molar-refractivity contribution is -0.154. The zero-order valence-corrected chi connectivity index (χ0v) is 12.0. The molecule has 0 radical (unpaired) electrons. The van der Waals surface area contributed by atoms with Gasteiger partial charge in [-0.1, -0.05) is 0 Å². The van der Waals surface area contributed by atoms with Gasteiger partial charge in [0.15, 0.2) is 28.5 Å². The number of nitrogens with two attached hydrogens (primary N) is 1. The predicted molar refractivity (Wildman–Crippen MR) is 70.7 cm³/mol. The van der Waals surface area contributed by atoms with Crippen LogP contribution < -0.4 is 11.1 Å². The average Bonchev–Trinajstić information content (AvgIpc) is 2.38. The number of primary amides is 1. The Bertz CT molecular complexity index is 532. The number of carboxylic acids is 2. The maximum atomic E-state index is 11.8. The topological polar surface area (TPSA) is 193 Å². The van der Waals surface area contributed by atoms with Crippen molar-refractivity contribution >= 4 is 34.9 Å². The number of carbonyl (C=O) groups is 4. The second-order valence-electron chi connectivity index (χ2n) is 4.01. The Hall–Kier alpha value is -2.47. The maximum absolute atomic E-state index is 11.8. The molecule has 0 aliphatic rings. The minimum atomic E-state index is -3.03. The van der Waals surface area contributed by atoms with Crippen LogP contribution in [-0.4, -0.2) is 60.2 Å². The van der Waals surface area contributed by atoms with Crippen molar-refractivity contribution in [1.29, 1.82) is 0 Å². The standard InChI is InChI=1S/C10H14N2O9S/c1-10(22(19)20,9(18)21-4-5(11)13)7(8(16)17)12-3-2-6(14)15/h2-3,7,12H,4H2,1H3,(H2,11,13)(H,14,15)(H,16,17)(H,19,20)/b3-2+/t7-,10+/m0/s1. The van der Waals surface area contributed by atoms with Crippen LogP contribution in [0.2, 0.25) is 0 Å². The molecule has 3 atom stereocenters. The number of hydrogen-bond acceptors (Lipinski definition) is 7. The Balaban J connectivity index is 5.48. The Kier molecular flexibility index (Phi) is 7.18. The molecule has 0 rings (SSSR count). The summed E-state index contributed by atoms with van der Waals surface area (Å²) in [5, 5.41) is 19.5. The molecule has 124 valence electrons. The van der Waals surface area contributed by atoms with Gasteiger partial charge < -0.3 is 30.6 Å². The van der Waals surface area contributed by atoms with E-state index in [1.54, 1.807) is 0 Å². The highest BCUT2D eigenvalue weighted by molar-refractivity contribution is 7.81. The van der Waals surface area contributed by atoms with Crippen LogP contribution in [-0.2, 0) is 35.0 Å². The van der Waals surface area contributed by atoms with Gasteiger partial charge in [0.05, 0.1) is 0 Å². The van der Waals surface area contributed by atoms with Crippen LogP contribution in [0.5, 0.6) is 0 Å². The van der Waals surface area contributed by atoms with E-state index in [1.165, 1.54) is 0 Å². The smallest absolute Gasteiger partial charge is 0.330 e. The SMILES string of the molecule is C[C@](C(=O)OCC(N)=O)([C@@H](N/C=C/C(=O)O)C(=O)O)S(=O)O. The van der Waals surface area contributed by atoms with Gasteiger partial charge in [0, 0.05) is 12.3 Å². The van der Waals surface area contributed by atoms with E-state index in [4.69, 9.17) is 15.9 Å². The quantitative estimate of drug-likeness (QED) is 0.172. The fraction of sp³-hybridized carbons (Fsp3) is 0.400. The summed E-state index contributed by atoms with van der Waals surface area (Å²) in [5.74, 6) is -5.67. The van der Waals surface area contributed by atoms with Gasteiger partial charge in [0.25, 0.3) is 5.91 Å². The minimum absolute atomic E-state index is 0.519. The van der Waals surface area contributed by atoms with E-state index >= 15 is 0 Å². The summed E-state index contributed by atoms with van der Waals surface area (Å²) < 4.78 is 22.5. The average molecular weight is 338 g/mol. The molecule has 12 heteroatoms. The Morgan fingerprint density at radius 2 is 1.91 bits per heavy atom. The summed E-state index contributed by atoms with van der Waals surface area (Å²) in [4.78, 5) is 43.9. The van der Waals surface area contributed by atoms with Crippen molar-refractivity contribution in [2.45, 2.75) is 17.7 Å². The molecule has 0 aromatic carbocycles.